The first-order valence-electron chi connectivity index (χ1n) is 20.5. The van der Waals surface area contributed by atoms with E-state index < -0.39 is 0 Å². The van der Waals surface area contributed by atoms with Gasteiger partial charge in [-0.2, -0.15) is 0 Å². The maximum atomic E-state index is 6.77. The quantitative estimate of drug-likeness (QED) is 0.169. The first-order valence-corrected chi connectivity index (χ1v) is 20.5. The van der Waals surface area contributed by atoms with Crippen molar-refractivity contribution in [1.29, 1.82) is 0 Å². The Bertz CT molecular complexity index is 3380. The molecule has 5 heteroatoms. The van der Waals surface area contributed by atoms with Crippen LogP contribution in [0, 0.1) is 0 Å². The number of rotatable bonds is 6. The number of furan rings is 1. The first kappa shape index (κ1) is 34.2. The number of allylic oxidation sites excluding steroid dienone is 1. The van der Waals surface area contributed by atoms with Crippen molar-refractivity contribution in [3.05, 3.63) is 211 Å². The Hall–Kier alpha value is -7.89. The van der Waals surface area contributed by atoms with Gasteiger partial charge in [-0.25, -0.2) is 15.0 Å². The van der Waals surface area contributed by atoms with Gasteiger partial charge < -0.3 is 8.98 Å². The van der Waals surface area contributed by atoms with Gasteiger partial charge in [-0.1, -0.05) is 158 Å². The van der Waals surface area contributed by atoms with Gasteiger partial charge >= 0.3 is 0 Å². The minimum atomic E-state index is 0.286. The van der Waals surface area contributed by atoms with E-state index in [0.29, 0.717) is 17.5 Å². The lowest BCUT2D eigenvalue weighted by Crippen LogP contribution is -2.07. The summed E-state index contributed by atoms with van der Waals surface area (Å²) in [5.74, 6) is 2.14. The Morgan fingerprint density at radius 1 is 0.467 bits per heavy atom. The second-order valence-electron chi connectivity index (χ2n) is 15.5. The summed E-state index contributed by atoms with van der Waals surface area (Å²) in [5.41, 5.74) is 12.9. The Labute approximate surface area is 346 Å². The van der Waals surface area contributed by atoms with Crippen molar-refractivity contribution in [2.45, 2.75) is 12.3 Å². The van der Waals surface area contributed by atoms with E-state index in [1.165, 1.54) is 49.6 Å². The molecule has 3 aromatic heterocycles. The Kier molecular flexibility index (Phi) is 7.91. The second-order valence-corrected chi connectivity index (χ2v) is 15.5. The van der Waals surface area contributed by atoms with E-state index in [4.69, 9.17) is 19.4 Å². The van der Waals surface area contributed by atoms with Crippen molar-refractivity contribution < 1.29 is 4.42 Å². The van der Waals surface area contributed by atoms with Crippen LogP contribution in [0.1, 0.15) is 22.7 Å². The molecule has 1 aliphatic rings. The topological polar surface area (TPSA) is 56.7 Å². The van der Waals surface area contributed by atoms with Crippen molar-refractivity contribution in [3.63, 3.8) is 0 Å². The van der Waals surface area contributed by atoms with Crippen molar-refractivity contribution in [3.8, 4) is 51.0 Å². The third kappa shape index (κ3) is 5.66. The second kappa shape index (κ2) is 13.9. The van der Waals surface area contributed by atoms with Gasteiger partial charge in [0, 0.05) is 56.2 Å². The third-order valence-corrected chi connectivity index (χ3v) is 12.0. The van der Waals surface area contributed by atoms with Gasteiger partial charge in [0.1, 0.15) is 11.2 Å². The van der Waals surface area contributed by atoms with Crippen LogP contribution in [0.15, 0.2) is 199 Å². The summed E-state index contributed by atoms with van der Waals surface area (Å²) in [4.78, 5) is 14.8. The van der Waals surface area contributed by atoms with Crippen molar-refractivity contribution in [2.24, 2.45) is 0 Å². The molecule has 1 aliphatic carbocycles. The van der Waals surface area contributed by atoms with Gasteiger partial charge in [0.2, 0.25) is 0 Å². The molecule has 0 saturated heterocycles. The molecule has 0 bridgehead atoms. The summed E-state index contributed by atoms with van der Waals surface area (Å²) in [6.45, 7) is 0. The van der Waals surface area contributed by atoms with Crippen LogP contribution in [-0.2, 0) is 6.42 Å². The first-order chi connectivity index (χ1) is 29.7. The van der Waals surface area contributed by atoms with Crippen LogP contribution in [0.25, 0.3) is 101 Å². The smallest absolute Gasteiger partial charge is 0.164 e. The molecule has 0 amide bonds. The lowest BCUT2D eigenvalue weighted by molar-refractivity contribution is 0.668. The number of benzene rings is 8. The number of hydrogen-bond donors (Lipinski definition) is 0. The zero-order valence-corrected chi connectivity index (χ0v) is 32.5. The molecule has 0 N–H and O–H groups in total. The van der Waals surface area contributed by atoms with E-state index >= 15 is 0 Å². The average molecular weight is 769 g/mol. The molecule has 0 spiro atoms. The zero-order chi connectivity index (χ0) is 39.6. The molecule has 1 atom stereocenters. The third-order valence-electron chi connectivity index (χ3n) is 12.0. The molecular weight excluding hydrogens is 733 g/mol. The lowest BCUT2D eigenvalue weighted by Gasteiger charge is -2.19. The molecule has 5 nitrogen and oxygen atoms in total. The number of aromatic nitrogens is 4. The highest BCUT2D eigenvalue weighted by atomic mass is 16.3. The monoisotopic (exact) mass is 768 g/mol. The molecule has 3 heterocycles. The molecule has 0 fully saturated rings. The van der Waals surface area contributed by atoms with Gasteiger partial charge in [-0.3, -0.25) is 0 Å². The number of nitrogens with zero attached hydrogens (tertiary/aromatic N) is 4. The normalized spacial score (nSPS) is 13.7. The predicted molar refractivity (Wildman–Crippen MR) is 245 cm³/mol. The molecule has 0 aliphatic heterocycles. The van der Waals surface area contributed by atoms with Crippen LogP contribution in [0.3, 0.4) is 0 Å². The fourth-order valence-electron chi connectivity index (χ4n) is 9.17. The van der Waals surface area contributed by atoms with Gasteiger partial charge in [-0.15, -0.1) is 0 Å². The average Bonchev–Trinajstić information content (AvgIpc) is 3.86. The van der Waals surface area contributed by atoms with E-state index in [2.05, 4.69) is 144 Å². The number of hydrogen-bond acceptors (Lipinski definition) is 4. The van der Waals surface area contributed by atoms with Gasteiger partial charge in [0.15, 0.2) is 17.5 Å². The van der Waals surface area contributed by atoms with Crippen LogP contribution in [-0.4, -0.2) is 19.5 Å². The number of fused-ring (bicyclic) bond motifs is 8. The van der Waals surface area contributed by atoms with E-state index in [1.807, 2.05) is 60.7 Å². The summed E-state index contributed by atoms with van der Waals surface area (Å²) < 4.78 is 9.22. The van der Waals surface area contributed by atoms with Crippen molar-refractivity contribution >= 4 is 49.7 Å². The predicted octanol–water partition coefficient (Wildman–Crippen LogP) is 13.9. The highest BCUT2D eigenvalue weighted by Gasteiger charge is 2.26. The Morgan fingerprint density at radius 2 is 1.02 bits per heavy atom. The summed E-state index contributed by atoms with van der Waals surface area (Å²) in [7, 11) is 0. The zero-order valence-electron chi connectivity index (χ0n) is 32.5. The molecular formula is C55H36N4O. The van der Waals surface area contributed by atoms with E-state index in [0.717, 1.165) is 50.7 Å². The molecule has 0 radical (unpaired) electrons. The molecule has 11 aromatic rings. The molecule has 1 unspecified atom stereocenters. The van der Waals surface area contributed by atoms with Crippen LogP contribution >= 0.6 is 0 Å². The summed E-state index contributed by atoms with van der Waals surface area (Å²) in [6.07, 6.45) is 5.63. The van der Waals surface area contributed by atoms with Crippen LogP contribution < -0.4 is 0 Å². The molecule has 282 valence electrons. The maximum absolute atomic E-state index is 6.77. The van der Waals surface area contributed by atoms with Crippen molar-refractivity contribution in [2.75, 3.05) is 0 Å². The van der Waals surface area contributed by atoms with E-state index in [1.54, 1.807) is 0 Å². The van der Waals surface area contributed by atoms with Crippen LogP contribution in [0.5, 0.6) is 0 Å². The van der Waals surface area contributed by atoms with E-state index in [9.17, 15) is 0 Å². The van der Waals surface area contributed by atoms with Gasteiger partial charge in [0.05, 0.1) is 5.52 Å². The summed E-state index contributed by atoms with van der Waals surface area (Å²) in [6, 6.07) is 66.0. The standard InChI is InChI=1S/C55H36N4O/c1-5-15-35(16-6-1)39-26-30-48-47(31-39)52-45-24-14-13-23-42(45)46(36-17-7-2-8-18-36)34-49(52)59(48)41-27-29-44-43-28-25-40(32-50(43)60-51(44)33-41)55-57-53(37-19-9-3-10-20-37)56-54(58-55)38-21-11-4-12-22-38/h1-30,32-34,39H,31H2. The van der Waals surface area contributed by atoms with E-state index in [-0.39, 0.29) is 5.92 Å². The Morgan fingerprint density at radius 3 is 1.68 bits per heavy atom. The molecule has 60 heavy (non-hydrogen) atoms. The fraction of sp³-hybridized carbons (Fsp3) is 0.0364. The summed E-state index contributed by atoms with van der Waals surface area (Å²) in [5, 5.41) is 5.94. The van der Waals surface area contributed by atoms with Crippen molar-refractivity contribution in [1.82, 2.24) is 19.5 Å². The minimum absolute atomic E-state index is 0.286. The lowest BCUT2D eigenvalue weighted by atomic mass is 9.85. The highest BCUT2D eigenvalue weighted by Crippen LogP contribution is 2.45. The molecule has 12 rings (SSSR count). The SMILES string of the molecule is C1=CC(c2ccccc2)Cc2c1n(-c1ccc3c(c1)oc1cc(-c4nc(-c5ccccc5)nc(-c5ccccc5)n4)ccc13)c1cc(-c3ccccc3)c3ccccc3c21. The van der Waals surface area contributed by atoms with Crippen LogP contribution in [0.2, 0.25) is 0 Å². The maximum Gasteiger partial charge on any atom is 0.164 e. The largest absolute Gasteiger partial charge is 0.456 e. The summed E-state index contributed by atoms with van der Waals surface area (Å²) >= 11 is 0. The van der Waals surface area contributed by atoms with Gasteiger partial charge in [0.25, 0.3) is 0 Å². The Balaban J connectivity index is 1.03. The van der Waals surface area contributed by atoms with Gasteiger partial charge in [-0.05, 0) is 75.9 Å². The van der Waals surface area contributed by atoms with Crippen LogP contribution in [0.4, 0.5) is 0 Å². The minimum Gasteiger partial charge on any atom is -0.456 e. The highest BCUT2D eigenvalue weighted by molar-refractivity contribution is 6.16. The fourth-order valence-corrected chi connectivity index (χ4v) is 9.17. The molecule has 8 aromatic carbocycles. The molecule has 0 saturated carbocycles.